The fourth-order valence-electron chi connectivity index (χ4n) is 3.32. The summed E-state index contributed by atoms with van der Waals surface area (Å²) in [6.45, 7) is 2.32. The molecule has 3 amide bonds. The molecule has 6 nitrogen and oxygen atoms in total. The third kappa shape index (κ3) is 5.12. The SMILES string of the molecule is CC(=O)Nc1cccc(C(=O)N2CCC(NC(=O)c3c(F)cccc3Cl)CC2)c1. The summed E-state index contributed by atoms with van der Waals surface area (Å²) >= 11 is 5.94. The molecule has 1 aliphatic heterocycles. The van der Waals surface area contributed by atoms with E-state index < -0.39 is 11.7 Å². The Bertz CT molecular complexity index is 922. The molecule has 2 aromatic carbocycles. The molecule has 1 saturated heterocycles. The Kier molecular flexibility index (Phi) is 6.49. The van der Waals surface area contributed by atoms with Gasteiger partial charge >= 0.3 is 0 Å². The highest BCUT2D eigenvalue weighted by Crippen LogP contribution is 2.21. The molecule has 2 aromatic rings. The minimum Gasteiger partial charge on any atom is -0.349 e. The van der Waals surface area contributed by atoms with Crippen molar-refractivity contribution in [1.82, 2.24) is 10.2 Å². The largest absolute Gasteiger partial charge is 0.349 e. The van der Waals surface area contributed by atoms with Gasteiger partial charge in [0.2, 0.25) is 5.91 Å². The molecule has 0 saturated carbocycles. The number of nitrogens with one attached hydrogen (secondary N) is 2. The number of halogens is 2. The highest BCUT2D eigenvalue weighted by molar-refractivity contribution is 6.33. The van der Waals surface area contributed by atoms with Gasteiger partial charge in [0.25, 0.3) is 11.8 Å². The lowest BCUT2D eigenvalue weighted by Crippen LogP contribution is -2.46. The minimum absolute atomic E-state index is 0.0640. The van der Waals surface area contributed by atoms with Crippen LogP contribution >= 0.6 is 11.6 Å². The van der Waals surface area contributed by atoms with E-state index in [-0.39, 0.29) is 28.4 Å². The molecule has 1 fully saturated rings. The summed E-state index contributed by atoms with van der Waals surface area (Å²) in [7, 11) is 0. The molecule has 2 N–H and O–H groups in total. The summed E-state index contributed by atoms with van der Waals surface area (Å²) in [6, 6.07) is 10.7. The van der Waals surface area contributed by atoms with Crippen LogP contribution in [0.1, 0.15) is 40.5 Å². The number of hydrogen-bond donors (Lipinski definition) is 2. The molecule has 8 heteroatoms. The van der Waals surface area contributed by atoms with E-state index in [4.69, 9.17) is 11.6 Å². The first kappa shape index (κ1) is 20.8. The van der Waals surface area contributed by atoms with Crippen molar-refractivity contribution in [3.8, 4) is 0 Å². The average molecular weight is 418 g/mol. The first-order valence-corrected chi connectivity index (χ1v) is 9.64. The van der Waals surface area contributed by atoms with E-state index in [1.807, 2.05) is 0 Å². The molecule has 0 radical (unpaired) electrons. The fraction of sp³-hybridized carbons (Fsp3) is 0.286. The number of carbonyl (C=O) groups excluding carboxylic acids is 3. The number of rotatable bonds is 4. The van der Waals surface area contributed by atoms with Crippen molar-refractivity contribution in [3.05, 3.63) is 64.4 Å². The Labute approximate surface area is 173 Å². The molecule has 152 valence electrons. The second-order valence-corrected chi connectivity index (χ2v) is 7.31. The topological polar surface area (TPSA) is 78.5 Å². The number of anilines is 1. The fourth-order valence-corrected chi connectivity index (χ4v) is 3.56. The average Bonchev–Trinajstić information content (AvgIpc) is 2.67. The van der Waals surface area contributed by atoms with Gasteiger partial charge in [-0.3, -0.25) is 14.4 Å². The van der Waals surface area contributed by atoms with E-state index in [0.29, 0.717) is 37.2 Å². The van der Waals surface area contributed by atoms with Crippen molar-refractivity contribution in [2.45, 2.75) is 25.8 Å². The van der Waals surface area contributed by atoms with Crippen LogP contribution in [0.4, 0.5) is 10.1 Å². The summed E-state index contributed by atoms with van der Waals surface area (Å²) in [5, 5.41) is 5.52. The van der Waals surface area contributed by atoms with E-state index in [0.717, 1.165) is 0 Å². The number of piperidine rings is 1. The lowest BCUT2D eigenvalue weighted by molar-refractivity contribution is -0.114. The van der Waals surface area contributed by atoms with Gasteiger partial charge in [0.1, 0.15) is 5.82 Å². The molecule has 1 aliphatic rings. The van der Waals surface area contributed by atoms with Crippen molar-refractivity contribution in [2.75, 3.05) is 18.4 Å². The number of nitrogens with zero attached hydrogens (tertiary/aromatic N) is 1. The summed E-state index contributed by atoms with van der Waals surface area (Å²) in [6.07, 6.45) is 1.10. The maximum Gasteiger partial charge on any atom is 0.255 e. The molecule has 0 atom stereocenters. The van der Waals surface area contributed by atoms with Crippen LogP contribution in [0.25, 0.3) is 0 Å². The van der Waals surface area contributed by atoms with Crippen molar-refractivity contribution < 1.29 is 18.8 Å². The standard InChI is InChI=1S/C21H21ClFN3O3/c1-13(27)24-16-5-2-4-14(12-16)21(29)26-10-8-15(9-11-26)25-20(28)19-17(22)6-3-7-18(19)23/h2-7,12,15H,8-11H2,1H3,(H,24,27)(H,25,28). The van der Waals surface area contributed by atoms with Crippen LogP contribution in [0.15, 0.2) is 42.5 Å². The van der Waals surface area contributed by atoms with Gasteiger partial charge in [0.05, 0.1) is 10.6 Å². The van der Waals surface area contributed by atoms with Gasteiger partial charge in [-0.2, -0.15) is 0 Å². The van der Waals surface area contributed by atoms with Crippen LogP contribution in [0.5, 0.6) is 0 Å². The Balaban J connectivity index is 1.58. The molecule has 0 aliphatic carbocycles. The molecule has 3 rings (SSSR count). The predicted octanol–water partition coefficient (Wildman–Crippen LogP) is 3.47. The molecular formula is C21H21ClFN3O3. The van der Waals surface area contributed by atoms with Crippen LogP contribution in [0, 0.1) is 5.82 Å². The van der Waals surface area contributed by atoms with Gasteiger partial charge in [0.15, 0.2) is 0 Å². The smallest absolute Gasteiger partial charge is 0.255 e. The summed E-state index contributed by atoms with van der Waals surface area (Å²) < 4.78 is 13.9. The molecule has 0 aromatic heterocycles. The normalized spacial score (nSPS) is 14.4. The van der Waals surface area contributed by atoms with Crippen molar-refractivity contribution in [3.63, 3.8) is 0 Å². The summed E-state index contributed by atoms with van der Waals surface area (Å²) in [5.74, 6) is -1.57. The molecule has 0 unspecified atom stereocenters. The van der Waals surface area contributed by atoms with E-state index in [1.54, 1.807) is 29.2 Å². The van der Waals surface area contributed by atoms with E-state index in [1.165, 1.54) is 25.1 Å². The zero-order chi connectivity index (χ0) is 21.0. The molecule has 0 spiro atoms. The number of likely N-dealkylation sites (tertiary alicyclic amines) is 1. The molecular weight excluding hydrogens is 397 g/mol. The van der Waals surface area contributed by atoms with E-state index in [2.05, 4.69) is 10.6 Å². The quantitative estimate of drug-likeness (QED) is 0.799. The lowest BCUT2D eigenvalue weighted by Gasteiger charge is -2.32. The predicted molar refractivity (Wildman–Crippen MR) is 109 cm³/mol. The number of amides is 3. The molecule has 1 heterocycles. The maximum absolute atomic E-state index is 13.9. The Morgan fingerprint density at radius 3 is 2.45 bits per heavy atom. The lowest BCUT2D eigenvalue weighted by atomic mass is 10.0. The summed E-state index contributed by atoms with van der Waals surface area (Å²) in [5.41, 5.74) is 0.881. The monoisotopic (exact) mass is 417 g/mol. The Morgan fingerprint density at radius 2 is 1.79 bits per heavy atom. The van der Waals surface area contributed by atoms with Crippen LogP contribution in [0.3, 0.4) is 0 Å². The number of carbonyl (C=O) groups is 3. The van der Waals surface area contributed by atoms with Crippen LogP contribution in [-0.2, 0) is 4.79 Å². The van der Waals surface area contributed by atoms with Crippen molar-refractivity contribution in [1.29, 1.82) is 0 Å². The third-order valence-electron chi connectivity index (χ3n) is 4.74. The number of benzene rings is 2. The minimum atomic E-state index is -0.665. The zero-order valence-electron chi connectivity index (χ0n) is 15.9. The van der Waals surface area contributed by atoms with Crippen LogP contribution < -0.4 is 10.6 Å². The second kappa shape index (κ2) is 9.05. The van der Waals surface area contributed by atoms with Gasteiger partial charge in [-0.25, -0.2) is 4.39 Å². The van der Waals surface area contributed by atoms with Gasteiger partial charge in [0, 0.05) is 37.3 Å². The van der Waals surface area contributed by atoms with Gasteiger partial charge in [-0.1, -0.05) is 23.7 Å². The second-order valence-electron chi connectivity index (χ2n) is 6.90. The van der Waals surface area contributed by atoms with Gasteiger partial charge < -0.3 is 15.5 Å². The van der Waals surface area contributed by atoms with E-state index in [9.17, 15) is 18.8 Å². The van der Waals surface area contributed by atoms with Crippen LogP contribution in [0.2, 0.25) is 5.02 Å². The third-order valence-corrected chi connectivity index (χ3v) is 5.05. The van der Waals surface area contributed by atoms with Crippen LogP contribution in [-0.4, -0.2) is 41.8 Å². The number of hydrogen-bond acceptors (Lipinski definition) is 3. The Morgan fingerprint density at radius 1 is 1.10 bits per heavy atom. The van der Waals surface area contributed by atoms with Crippen molar-refractivity contribution >= 4 is 35.0 Å². The van der Waals surface area contributed by atoms with Gasteiger partial charge in [-0.15, -0.1) is 0 Å². The molecule has 0 bridgehead atoms. The van der Waals surface area contributed by atoms with Gasteiger partial charge in [-0.05, 0) is 43.2 Å². The highest BCUT2D eigenvalue weighted by atomic mass is 35.5. The van der Waals surface area contributed by atoms with Crippen molar-refractivity contribution in [2.24, 2.45) is 0 Å². The maximum atomic E-state index is 13.9. The zero-order valence-corrected chi connectivity index (χ0v) is 16.6. The Hall–Kier alpha value is -2.93. The summed E-state index contributed by atoms with van der Waals surface area (Å²) in [4.78, 5) is 38.0. The first-order chi connectivity index (χ1) is 13.8. The first-order valence-electron chi connectivity index (χ1n) is 9.27. The van der Waals surface area contributed by atoms with E-state index >= 15 is 0 Å². The molecule has 29 heavy (non-hydrogen) atoms. The highest BCUT2D eigenvalue weighted by Gasteiger charge is 2.26.